The van der Waals surface area contributed by atoms with Crippen LogP contribution in [0.2, 0.25) is 0 Å². The van der Waals surface area contributed by atoms with Crippen LogP contribution in [0.4, 0.5) is 5.69 Å². The van der Waals surface area contributed by atoms with Crippen LogP contribution in [-0.4, -0.2) is 34.7 Å². The number of aromatic nitrogens is 3. The van der Waals surface area contributed by atoms with E-state index >= 15 is 0 Å². The fourth-order valence-corrected chi connectivity index (χ4v) is 5.53. The molecule has 3 aromatic carbocycles. The van der Waals surface area contributed by atoms with Gasteiger partial charge in [-0.05, 0) is 29.8 Å². The summed E-state index contributed by atoms with van der Waals surface area (Å²) in [6.07, 6.45) is 0.636. The Morgan fingerprint density at radius 3 is 2.10 bits per heavy atom. The average Bonchev–Trinajstić information content (AvgIpc) is 3.17. The van der Waals surface area contributed by atoms with E-state index in [9.17, 15) is 8.42 Å². The van der Waals surface area contributed by atoms with Gasteiger partial charge in [-0.15, -0.1) is 10.2 Å². The van der Waals surface area contributed by atoms with Crippen LogP contribution in [-0.2, 0) is 16.4 Å². The predicted octanol–water partition coefficient (Wildman–Crippen LogP) is 4.39. The summed E-state index contributed by atoms with van der Waals surface area (Å²) < 4.78 is 29.4. The Morgan fingerprint density at radius 1 is 0.806 bits per heavy atom. The summed E-state index contributed by atoms with van der Waals surface area (Å²) >= 11 is 1.38. The first-order valence-electron chi connectivity index (χ1n) is 9.83. The molecule has 0 spiro atoms. The van der Waals surface area contributed by atoms with Gasteiger partial charge in [0.05, 0.1) is 5.75 Å². The van der Waals surface area contributed by atoms with Crippen molar-refractivity contribution >= 4 is 27.5 Å². The minimum atomic E-state index is -3.45. The smallest absolute Gasteiger partial charge is 0.233 e. The second-order valence-corrected chi connectivity index (χ2v) is 9.77. The zero-order valence-electron chi connectivity index (χ0n) is 16.8. The Kier molecular flexibility index (Phi) is 6.69. The molecule has 0 aliphatic heterocycles. The maximum Gasteiger partial charge on any atom is 0.233 e. The largest absolute Gasteiger partial charge is 0.284 e. The maximum atomic E-state index is 12.4. The van der Waals surface area contributed by atoms with Crippen molar-refractivity contribution in [2.75, 3.05) is 16.2 Å². The summed E-state index contributed by atoms with van der Waals surface area (Å²) in [5.74, 6) is 1.14. The number of para-hydroxylation sites is 2. The molecular weight excluding hydrogens is 428 g/mol. The molecule has 4 aromatic rings. The van der Waals surface area contributed by atoms with Gasteiger partial charge >= 0.3 is 0 Å². The SMILES string of the molecule is O=S(=O)(CCSc1nnc(Cc2ccccc2)n1-c1ccccc1)Nc1ccccc1. The minimum Gasteiger partial charge on any atom is -0.284 e. The van der Waals surface area contributed by atoms with Gasteiger partial charge in [0.1, 0.15) is 5.82 Å². The summed E-state index contributed by atoms with van der Waals surface area (Å²) in [6.45, 7) is 0. The second-order valence-electron chi connectivity index (χ2n) is 6.87. The first-order chi connectivity index (χ1) is 15.1. The Hall–Kier alpha value is -3.10. The van der Waals surface area contributed by atoms with Crippen molar-refractivity contribution in [1.82, 2.24) is 14.8 Å². The lowest BCUT2D eigenvalue weighted by Gasteiger charge is -2.11. The van der Waals surface area contributed by atoms with Gasteiger partial charge in [0, 0.05) is 23.5 Å². The minimum absolute atomic E-state index is 0.0256. The summed E-state index contributed by atoms with van der Waals surface area (Å²) in [7, 11) is -3.45. The summed E-state index contributed by atoms with van der Waals surface area (Å²) in [5, 5.41) is 9.42. The number of benzene rings is 3. The van der Waals surface area contributed by atoms with Crippen molar-refractivity contribution in [1.29, 1.82) is 0 Å². The molecule has 0 saturated carbocycles. The van der Waals surface area contributed by atoms with E-state index in [0.29, 0.717) is 23.0 Å². The van der Waals surface area contributed by atoms with E-state index in [1.54, 1.807) is 24.3 Å². The van der Waals surface area contributed by atoms with Gasteiger partial charge in [0.25, 0.3) is 0 Å². The van der Waals surface area contributed by atoms with Crippen molar-refractivity contribution in [3.63, 3.8) is 0 Å². The monoisotopic (exact) mass is 450 g/mol. The Labute approximate surface area is 186 Å². The molecule has 1 heterocycles. The molecule has 8 heteroatoms. The molecule has 0 amide bonds. The zero-order valence-corrected chi connectivity index (χ0v) is 18.4. The molecule has 0 bridgehead atoms. The maximum absolute atomic E-state index is 12.4. The van der Waals surface area contributed by atoms with Crippen molar-refractivity contribution in [3.8, 4) is 5.69 Å². The lowest BCUT2D eigenvalue weighted by atomic mass is 10.1. The fourth-order valence-electron chi connectivity index (χ4n) is 3.10. The molecule has 0 fully saturated rings. The van der Waals surface area contributed by atoms with E-state index in [4.69, 9.17) is 0 Å². The number of hydrogen-bond acceptors (Lipinski definition) is 5. The summed E-state index contributed by atoms with van der Waals surface area (Å²) in [6, 6.07) is 28.9. The van der Waals surface area contributed by atoms with E-state index < -0.39 is 10.0 Å². The first-order valence-corrected chi connectivity index (χ1v) is 12.5. The third-order valence-electron chi connectivity index (χ3n) is 4.55. The molecule has 0 atom stereocenters. The van der Waals surface area contributed by atoms with Crippen molar-refractivity contribution in [3.05, 3.63) is 102 Å². The van der Waals surface area contributed by atoms with E-state index in [2.05, 4.69) is 27.1 Å². The van der Waals surface area contributed by atoms with Crippen LogP contribution < -0.4 is 4.72 Å². The molecule has 158 valence electrons. The highest BCUT2D eigenvalue weighted by molar-refractivity contribution is 8.00. The zero-order chi connectivity index (χ0) is 21.5. The van der Waals surface area contributed by atoms with Gasteiger partial charge in [-0.1, -0.05) is 78.5 Å². The molecule has 0 aliphatic rings. The highest BCUT2D eigenvalue weighted by Gasteiger charge is 2.17. The molecule has 6 nitrogen and oxygen atoms in total. The molecule has 0 aliphatic carbocycles. The molecular formula is C23H22N4O2S2. The third-order valence-corrected chi connectivity index (χ3v) is 7.03. The van der Waals surface area contributed by atoms with Crippen molar-refractivity contribution in [2.45, 2.75) is 11.6 Å². The molecule has 1 aromatic heterocycles. The quantitative estimate of drug-likeness (QED) is 0.383. The fraction of sp³-hybridized carbons (Fsp3) is 0.130. The van der Waals surface area contributed by atoms with Crippen LogP contribution >= 0.6 is 11.8 Å². The molecule has 31 heavy (non-hydrogen) atoms. The highest BCUT2D eigenvalue weighted by Crippen LogP contribution is 2.24. The number of nitrogens with one attached hydrogen (secondary N) is 1. The molecule has 0 radical (unpaired) electrons. The van der Waals surface area contributed by atoms with E-state index in [0.717, 1.165) is 17.1 Å². The van der Waals surface area contributed by atoms with Gasteiger partial charge in [0.15, 0.2) is 5.16 Å². The standard InChI is InChI=1S/C23H22N4O2S2/c28-31(29,26-20-12-6-2-7-13-20)17-16-30-23-25-24-22(18-19-10-4-1-5-11-19)27(23)21-14-8-3-9-15-21/h1-15,26H,16-18H2. The van der Waals surface area contributed by atoms with Gasteiger partial charge in [-0.25, -0.2) is 8.42 Å². The van der Waals surface area contributed by atoms with Crippen LogP contribution in [0.15, 0.2) is 96.2 Å². The first kappa shape index (κ1) is 21.1. The van der Waals surface area contributed by atoms with Crippen LogP contribution in [0, 0.1) is 0 Å². The number of sulfonamides is 1. The van der Waals surface area contributed by atoms with Crippen molar-refractivity contribution in [2.24, 2.45) is 0 Å². The lowest BCUT2D eigenvalue weighted by Crippen LogP contribution is -2.18. The molecule has 4 rings (SSSR count). The van der Waals surface area contributed by atoms with Crippen LogP contribution in [0.1, 0.15) is 11.4 Å². The molecule has 1 N–H and O–H groups in total. The number of thioether (sulfide) groups is 1. The van der Waals surface area contributed by atoms with E-state index in [1.165, 1.54) is 11.8 Å². The number of rotatable bonds is 9. The number of anilines is 1. The van der Waals surface area contributed by atoms with Gasteiger partial charge in [0.2, 0.25) is 10.0 Å². The van der Waals surface area contributed by atoms with Crippen molar-refractivity contribution < 1.29 is 8.42 Å². The van der Waals surface area contributed by atoms with Gasteiger partial charge in [-0.3, -0.25) is 9.29 Å². The Bertz CT molecular complexity index is 1210. The summed E-state index contributed by atoms with van der Waals surface area (Å²) in [5.41, 5.74) is 2.65. The van der Waals surface area contributed by atoms with Crippen LogP contribution in [0.3, 0.4) is 0 Å². The highest BCUT2D eigenvalue weighted by atomic mass is 32.2. The van der Waals surface area contributed by atoms with Crippen LogP contribution in [0.5, 0.6) is 0 Å². The van der Waals surface area contributed by atoms with E-state index in [1.807, 2.05) is 59.2 Å². The molecule has 0 saturated heterocycles. The number of hydrogen-bond donors (Lipinski definition) is 1. The van der Waals surface area contributed by atoms with Gasteiger partial charge < -0.3 is 0 Å². The van der Waals surface area contributed by atoms with E-state index in [-0.39, 0.29) is 5.75 Å². The normalized spacial score (nSPS) is 11.4. The third kappa shape index (κ3) is 5.74. The Morgan fingerprint density at radius 2 is 1.42 bits per heavy atom. The second kappa shape index (κ2) is 9.80. The predicted molar refractivity (Wildman–Crippen MR) is 125 cm³/mol. The summed E-state index contributed by atoms with van der Waals surface area (Å²) in [4.78, 5) is 0. The average molecular weight is 451 g/mol. The molecule has 0 unspecified atom stereocenters. The van der Waals surface area contributed by atoms with Gasteiger partial charge in [-0.2, -0.15) is 0 Å². The Balaban J connectivity index is 1.50. The topological polar surface area (TPSA) is 76.9 Å². The lowest BCUT2D eigenvalue weighted by molar-refractivity contribution is 0.602. The number of nitrogens with zero attached hydrogens (tertiary/aromatic N) is 3. The van der Waals surface area contributed by atoms with Crippen LogP contribution in [0.25, 0.3) is 5.69 Å².